The summed E-state index contributed by atoms with van der Waals surface area (Å²) >= 11 is 0. The van der Waals surface area contributed by atoms with E-state index < -0.39 is 35.0 Å². The van der Waals surface area contributed by atoms with Crippen molar-refractivity contribution in [2.75, 3.05) is 39.0 Å². The fourth-order valence-corrected chi connectivity index (χ4v) is 4.39. The van der Waals surface area contributed by atoms with Crippen LogP contribution >= 0.6 is 0 Å². The van der Waals surface area contributed by atoms with E-state index in [2.05, 4.69) is 0 Å². The molecule has 1 amide bonds. The summed E-state index contributed by atoms with van der Waals surface area (Å²) in [5.74, 6) is -3.11. The van der Waals surface area contributed by atoms with E-state index in [4.69, 9.17) is 0 Å². The monoisotopic (exact) mass is 337 g/mol. The summed E-state index contributed by atoms with van der Waals surface area (Å²) in [7, 11) is -3.29. The van der Waals surface area contributed by atoms with Gasteiger partial charge in [0.25, 0.3) is 5.92 Å². The SMILES string of the molecule is CS(=O)(=O)N1CC(N2CC(F)(F)C[C@H]2C(=O)N2CCCC2)C1. The van der Waals surface area contributed by atoms with E-state index in [9.17, 15) is 22.0 Å². The predicted octanol–water partition coefficient (Wildman–Crippen LogP) is -0.0378. The van der Waals surface area contributed by atoms with E-state index in [1.807, 2.05) is 0 Å². The van der Waals surface area contributed by atoms with Gasteiger partial charge < -0.3 is 4.90 Å². The smallest absolute Gasteiger partial charge is 0.262 e. The second-order valence-electron chi connectivity index (χ2n) is 6.51. The molecule has 3 aliphatic rings. The second-order valence-corrected chi connectivity index (χ2v) is 8.50. The third-order valence-corrected chi connectivity index (χ3v) is 6.01. The quantitative estimate of drug-likeness (QED) is 0.725. The van der Waals surface area contributed by atoms with Crippen molar-refractivity contribution >= 4 is 15.9 Å². The Morgan fingerprint density at radius 3 is 2.32 bits per heavy atom. The largest absolute Gasteiger partial charge is 0.341 e. The van der Waals surface area contributed by atoms with Gasteiger partial charge in [-0.15, -0.1) is 0 Å². The van der Waals surface area contributed by atoms with Crippen molar-refractivity contribution in [3.63, 3.8) is 0 Å². The maximum Gasteiger partial charge on any atom is 0.262 e. The standard InChI is InChI=1S/C13H21F2N3O3S/c1-22(20,21)17-7-10(8-17)18-9-13(14,15)6-11(18)12(19)16-4-2-3-5-16/h10-11H,2-9H2,1H3/t11-/m0/s1. The number of likely N-dealkylation sites (tertiary alicyclic amines) is 2. The average Bonchev–Trinajstić information content (AvgIpc) is 2.92. The van der Waals surface area contributed by atoms with Crippen molar-refractivity contribution in [1.82, 2.24) is 14.1 Å². The van der Waals surface area contributed by atoms with Crippen molar-refractivity contribution in [2.24, 2.45) is 0 Å². The Hall–Kier alpha value is -0.800. The number of amides is 1. The molecule has 0 N–H and O–H groups in total. The van der Waals surface area contributed by atoms with Gasteiger partial charge in [-0.05, 0) is 12.8 Å². The van der Waals surface area contributed by atoms with E-state index in [1.165, 1.54) is 9.21 Å². The van der Waals surface area contributed by atoms with Gasteiger partial charge in [0.15, 0.2) is 0 Å². The van der Waals surface area contributed by atoms with Gasteiger partial charge in [0.1, 0.15) is 0 Å². The molecule has 0 spiro atoms. The third kappa shape index (κ3) is 2.98. The molecule has 6 nitrogen and oxygen atoms in total. The average molecular weight is 337 g/mol. The molecule has 0 aliphatic carbocycles. The van der Waals surface area contributed by atoms with Crippen LogP contribution in [0.5, 0.6) is 0 Å². The first kappa shape index (κ1) is 16.1. The molecule has 3 aliphatic heterocycles. The molecular weight excluding hydrogens is 316 g/mol. The molecule has 0 aromatic heterocycles. The van der Waals surface area contributed by atoms with Crippen LogP contribution in [0.3, 0.4) is 0 Å². The van der Waals surface area contributed by atoms with E-state index >= 15 is 0 Å². The van der Waals surface area contributed by atoms with Crippen molar-refractivity contribution in [3.05, 3.63) is 0 Å². The molecule has 0 bridgehead atoms. The predicted molar refractivity (Wildman–Crippen MR) is 76.1 cm³/mol. The van der Waals surface area contributed by atoms with Gasteiger partial charge in [0.05, 0.1) is 18.8 Å². The number of nitrogens with zero attached hydrogens (tertiary/aromatic N) is 3. The highest BCUT2D eigenvalue weighted by molar-refractivity contribution is 7.88. The molecule has 1 atom stereocenters. The van der Waals surface area contributed by atoms with Crippen LogP contribution in [0.2, 0.25) is 0 Å². The first-order valence-corrected chi connectivity index (χ1v) is 9.40. The molecule has 0 aromatic carbocycles. The molecule has 0 unspecified atom stereocenters. The van der Waals surface area contributed by atoms with Gasteiger partial charge in [0.2, 0.25) is 15.9 Å². The normalized spacial score (nSPS) is 30.7. The van der Waals surface area contributed by atoms with Gasteiger partial charge in [-0.3, -0.25) is 9.69 Å². The zero-order chi connectivity index (χ0) is 16.1. The minimum Gasteiger partial charge on any atom is -0.341 e. The Morgan fingerprint density at radius 2 is 1.77 bits per heavy atom. The van der Waals surface area contributed by atoms with Gasteiger partial charge in [-0.25, -0.2) is 17.2 Å². The third-order valence-electron chi connectivity index (χ3n) is 4.78. The van der Waals surface area contributed by atoms with E-state index in [0.29, 0.717) is 13.1 Å². The molecule has 126 valence electrons. The Morgan fingerprint density at radius 1 is 1.18 bits per heavy atom. The minimum atomic E-state index is -3.29. The molecule has 9 heteroatoms. The van der Waals surface area contributed by atoms with Crippen molar-refractivity contribution in [2.45, 2.75) is 37.3 Å². The van der Waals surface area contributed by atoms with Gasteiger partial charge in [0, 0.05) is 38.6 Å². The van der Waals surface area contributed by atoms with E-state index in [0.717, 1.165) is 19.1 Å². The first-order chi connectivity index (χ1) is 10.2. The fraction of sp³-hybridized carbons (Fsp3) is 0.923. The topological polar surface area (TPSA) is 60.9 Å². The molecule has 3 rings (SSSR count). The van der Waals surface area contributed by atoms with Crippen LogP contribution < -0.4 is 0 Å². The zero-order valence-corrected chi connectivity index (χ0v) is 13.4. The van der Waals surface area contributed by atoms with Crippen LogP contribution in [0.25, 0.3) is 0 Å². The Labute approximate surface area is 129 Å². The van der Waals surface area contributed by atoms with E-state index in [1.54, 1.807) is 4.90 Å². The number of sulfonamides is 1. The second kappa shape index (κ2) is 5.38. The summed E-state index contributed by atoms with van der Waals surface area (Å²) in [6.45, 7) is 1.20. The lowest BCUT2D eigenvalue weighted by Crippen LogP contribution is -2.63. The van der Waals surface area contributed by atoms with Gasteiger partial charge >= 0.3 is 0 Å². The van der Waals surface area contributed by atoms with Gasteiger partial charge in [-0.2, -0.15) is 4.31 Å². The lowest BCUT2D eigenvalue weighted by Gasteiger charge is -2.44. The number of hydrogen-bond acceptors (Lipinski definition) is 4. The summed E-state index contributed by atoms with van der Waals surface area (Å²) in [6, 6.07) is -1.11. The van der Waals surface area contributed by atoms with Crippen LogP contribution in [0.1, 0.15) is 19.3 Å². The zero-order valence-electron chi connectivity index (χ0n) is 12.5. The Balaban J connectivity index is 1.70. The van der Waals surface area contributed by atoms with Crippen LogP contribution in [0.15, 0.2) is 0 Å². The van der Waals surface area contributed by atoms with Crippen LogP contribution in [0, 0.1) is 0 Å². The summed E-state index contributed by atoms with van der Waals surface area (Å²) in [4.78, 5) is 15.7. The molecule has 22 heavy (non-hydrogen) atoms. The highest BCUT2D eigenvalue weighted by Gasteiger charge is 2.53. The van der Waals surface area contributed by atoms with Crippen LogP contribution in [0.4, 0.5) is 8.78 Å². The van der Waals surface area contributed by atoms with Gasteiger partial charge in [-0.1, -0.05) is 0 Å². The van der Waals surface area contributed by atoms with Crippen molar-refractivity contribution in [3.8, 4) is 0 Å². The molecule has 0 saturated carbocycles. The Kier molecular flexibility index (Phi) is 3.93. The molecule has 0 radical (unpaired) electrons. The number of carbonyl (C=O) groups is 1. The molecule has 3 fully saturated rings. The molecule has 0 aromatic rings. The maximum absolute atomic E-state index is 13.8. The summed E-state index contributed by atoms with van der Waals surface area (Å²) in [5, 5.41) is 0. The van der Waals surface area contributed by atoms with E-state index in [-0.39, 0.29) is 25.0 Å². The highest BCUT2D eigenvalue weighted by atomic mass is 32.2. The van der Waals surface area contributed by atoms with Crippen LogP contribution in [-0.4, -0.2) is 85.4 Å². The first-order valence-electron chi connectivity index (χ1n) is 7.55. The highest BCUT2D eigenvalue weighted by Crippen LogP contribution is 2.36. The van der Waals surface area contributed by atoms with Crippen molar-refractivity contribution in [1.29, 1.82) is 0 Å². The number of alkyl halides is 2. The Bertz CT molecular complexity index is 557. The molecular formula is C13H21F2N3O3S. The lowest BCUT2D eigenvalue weighted by atomic mass is 10.1. The number of rotatable bonds is 3. The summed E-state index contributed by atoms with van der Waals surface area (Å²) < 4.78 is 51.7. The number of carbonyl (C=O) groups excluding carboxylic acids is 1. The molecule has 3 saturated heterocycles. The maximum atomic E-state index is 13.8. The summed E-state index contributed by atoms with van der Waals surface area (Å²) in [6.07, 6.45) is 2.48. The number of halogens is 2. The lowest BCUT2D eigenvalue weighted by molar-refractivity contribution is -0.136. The summed E-state index contributed by atoms with van der Waals surface area (Å²) in [5.41, 5.74) is 0. The van der Waals surface area contributed by atoms with Crippen LogP contribution in [-0.2, 0) is 14.8 Å². The fourth-order valence-electron chi connectivity index (χ4n) is 3.50. The molecule has 3 heterocycles. The number of hydrogen-bond donors (Lipinski definition) is 0. The van der Waals surface area contributed by atoms with Crippen molar-refractivity contribution < 1.29 is 22.0 Å². The minimum absolute atomic E-state index is 0.193.